The first-order valence-corrected chi connectivity index (χ1v) is 12.7. The second kappa shape index (κ2) is 11.7. The summed E-state index contributed by atoms with van der Waals surface area (Å²) in [5.41, 5.74) is 1.44. The maximum Gasteiger partial charge on any atom is 0.251 e. The van der Waals surface area contributed by atoms with Gasteiger partial charge in [-0.05, 0) is 37.3 Å². The predicted molar refractivity (Wildman–Crippen MR) is 129 cm³/mol. The molecule has 0 aliphatic heterocycles. The standard InChI is InChI=1S/C22H25N5O5S2/c1-15-6-8-18(9-7-15)34(30,31)24-13-10-19(28)25-22-27-26-20(33-22)11-12-23-21(29)16-4-3-5-17(14-16)32-2/h3-9,14,24H,10-13H2,1-2H3,(H,23,29)(H,25,27,28). The number of amides is 2. The van der Waals surface area contributed by atoms with Crippen LogP contribution in [-0.2, 0) is 21.2 Å². The summed E-state index contributed by atoms with van der Waals surface area (Å²) in [6.45, 7) is 2.16. The number of aryl methyl sites for hydroxylation is 1. The minimum atomic E-state index is -3.68. The molecule has 180 valence electrons. The number of ether oxygens (including phenoxy) is 1. The van der Waals surface area contributed by atoms with E-state index in [1.165, 1.54) is 30.6 Å². The Kier molecular flexibility index (Phi) is 8.68. The fourth-order valence-corrected chi connectivity index (χ4v) is 4.62. The van der Waals surface area contributed by atoms with Crippen molar-refractivity contribution < 1.29 is 22.7 Å². The number of methoxy groups -OCH3 is 1. The number of sulfonamides is 1. The molecule has 12 heteroatoms. The molecule has 3 aromatic rings. The zero-order chi connectivity index (χ0) is 24.6. The van der Waals surface area contributed by atoms with E-state index >= 15 is 0 Å². The van der Waals surface area contributed by atoms with E-state index in [0.29, 0.717) is 34.4 Å². The van der Waals surface area contributed by atoms with Gasteiger partial charge in [-0.2, -0.15) is 0 Å². The molecule has 2 aromatic carbocycles. The first-order chi connectivity index (χ1) is 16.3. The number of rotatable bonds is 11. The minimum Gasteiger partial charge on any atom is -0.497 e. The number of anilines is 1. The molecule has 34 heavy (non-hydrogen) atoms. The number of nitrogens with one attached hydrogen (secondary N) is 3. The van der Waals surface area contributed by atoms with Gasteiger partial charge < -0.3 is 15.4 Å². The Morgan fingerprint density at radius 3 is 2.56 bits per heavy atom. The maximum atomic E-state index is 12.3. The predicted octanol–water partition coefficient (Wildman–Crippen LogP) is 2.13. The van der Waals surface area contributed by atoms with E-state index in [-0.39, 0.29) is 29.7 Å². The monoisotopic (exact) mass is 503 g/mol. The summed E-state index contributed by atoms with van der Waals surface area (Å²) >= 11 is 1.19. The molecular formula is C22H25N5O5S2. The van der Waals surface area contributed by atoms with Crippen molar-refractivity contribution in [2.45, 2.75) is 24.7 Å². The van der Waals surface area contributed by atoms with Gasteiger partial charge in [0.1, 0.15) is 10.8 Å². The molecule has 0 saturated carbocycles. The summed E-state index contributed by atoms with van der Waals surface area (Å²) in [6.07, 6.45) is 0.385. The molecule has 3 rings (SSSR count). The third kappa shape index (κ3) is 7.33. The van der Waals surface area contributed by atoms with Crippen molar-refractivity contribution >= 4 is 38.3 Å². The van der Waals surface area contributed by atoms with Crippen molar-refractivity contribution in [3.63, 3.8) is 0 Å². The molecule has 0 aliphatic carbocycles. The lowest BCUT2D eigenvalue weighted by Gasteiger charge is -2.07. The normalized spacial score (nSPS) is 11.1. The van der Waals surface area contributed by atoms with Crippen LogP contribution in [0.3, 0.4) is 0 Å². The Morgan fingerprint density at radius 1 is 1.06 bits per heavy atom. The van der Waals surface area contributed by atoms with Crippen LogP contribution < -0.4 is 20.1 Å². The Balaban J connectivity index is 1.40. The summed E-state index contributed by atoms with van der Waals surface area (Å²) in [7, 11) is -2.15. The number of hydrogen-bond donors (Lipinski definition) is 3. The van der Waals surface area contributed by atoms with E-state index in [1.54, 1.807) is 36.4 Å². The molecule has 3 N–H and O–H groups in total. The highest BCUT2D eigenvalue weighted by Gasteiger charge is 2.15. The zero-order valence-electron chi connectivity index (χ0n) is 18.7. The van der Waals surface area contributed by atoms with Crippen LogP contribution in [0.5, 0.6) is 5.75 Å². The van der Waals surface area contributed by atoms with Gasteiger partial charge in [0.2, 0.25) is 21.1 Å². The van der Waals surface area contributed by atoms with Crippen molar-refractivity contribution in [2.75, 3.05) is 25.5 Å². The number of nitrogens with zero attached hydrogens (tertiary/aromatic N) is 2. The van der Waals surface area contributed by atoms with E-state index in [0.717, 1.165) is 5.56 Å². The van der Waals surface area contributed by atoms with Crippen molar-refractivity contribution in [3.05, 3.63) is 64.7 Å². The van der Waals surface area contributed by atoms with Crippen LogP contribution in [0.15, 0.2) is 53.4 Å². The Labute approximate surface area is 201 Å². The number of carbonyl (C=O) groups excluding carboxylic acids is 2. The third-order valence-corrected chi connectivity index (χ3v) is 7.02. The Morgan fingerprint density at radius 2 is 1.82 bits per heavy atom. The Bertz CT molecular complexity index is 1240. The lowest BCUT2D eigenvalue weighted by molar-refractivity contribution is -0.116. The number of carbonyl (C=O) groups is 2. The number of benzene rings is 2. The Hall–Kier alpha value is -3.35. The lowest BCUT2D eigenvalue weighted by atomic mass is 10.2. The highest BCUT2D eigenvalue weighted by molar-refractivity contribution is 7.89. The van der Waals surface area contributed by atoms with Crippen molar-refractivity contribution in [1.82, 2.24) is 20.2 Å². The van der Waals surface area contributed by atoms with E-state index in [1.807, 2.05) is 6.92 Å². The molecule has 1 heterocycles. The van der Waals surface area contributed by atoms with Crippen molar-refractivity contribution in [2.24, 2.45) is 0 Å². The van der Waals surface area contributed by atoms with Crippen LogP contribution in [-0.4, -0.2) is 50.6 Å². The molecule has 1 aromatic heterocycles. The average molecular weight is 504 g/mol. The van der Waals surface area contributed by atoms with Gasteiger partial charge in [0.25, 0.3) is 5.91 Å². The van der Waals surface area contributed by atoms with E-state index in [2.05, 4.69) is 25.6 Å². The first kappa shape index (κ1) is 25.3. The number of aromatic nitrogens is 2. The van der Waals surface area contributed by atoms with Gasteiger partial charge in [-0.3, -0.25) is 9.59 Å². The highest BCUT2D eigenvalue weighted by Crippen LogP contribution is 2.16. The minimum absolute atomic E-state index is 0.0516. The summed E-state index contributed by atoms with van der Waals surface area (Å²) in [5.74, 6) is -0.0224. The van der Waals surface area contributed by atoms with Crippen molar-refractivity contribution in [1.29, 1.82) is 0 Å². The number of hydrogen-bond acceptors (Lipinski definition) is 8. The molecule has 0 radical (unpaired) electrons. The van der Waals surface area contributed by atoms with Crippen molar-refractivity contribution in [3.8, 4) is 5.75 Å². The fraction of sp³-hybridized carbons (Fsp3) is 0.273. The van der Waals surface area contributed by atoms with Gasteiger partial charge in [0.05, 0.1) is 12.0 Å². The molecule has 0 saturated heterocycles. The molecule has 0 spiro atoms. The molecule has 10 nitrogen and oxygen atoms in total. The van der Waals surface area contributed by atoms with Gasteiger partial charge in [-0.1, -0.05) is 35.1 Å². The SMILES string of the molecule is COc1cccc(C(=O)NCCc2nnc(NC(=O)CCNS(=O)(=O)c3ccc(C)cc3)s2)c1. The molecule has 0 aliphatic rings. The molecule has 0 unspecified atom stereocenters. The highest BCUT2D eigenvalue weighted by atomic mass is 32.2. The smallest absolute Gasteiger partial charge is 0.251 e. The van der Waals surface area contributed by atoms with Gasteiger partial charge in [-0.25, -0.2) is 13.1 Å². The largest absolute Gasteiger partial charge is 0.497 e. The molecular weight excluding hydrogens is 478 g/mol. The quantitative estimate of drug-likeness (QED) is 0.364. The average Bonchev–Trinajstić information content (AvgIpc) is 3.26. The van der Waals surface area contributed by atoms with Gasteiger partial charge >= 0.3 is 0 Å². The molecule has 0 fully saturated rings. The fourth-order valence-electron chi connectivity index (χ4n) is 2.84. The summed E-state index contributed by atoms with van der Waals surface area (Å²) in [6, 6.07) is 13.3. The van der Waals surface area contributed by atoms with Crippen LogP contribution in [0.2, 0.25) is 0 Å². The van der Waals surface area contributed by atoms with Gasteiger partial charge in [-0.15, -0.1) is 10.2 Å². The second-order valence-corrected chi connectivity index (χ2v) is 10.1. The summed E-state index contributed by atoms with van der Waals surface area (Å²) in [4.78, 5) is 24.5. The topological polar surface area (TPSA) is 139 Å². The second-order valence-electron chi connectivity index (χ2n) is 7.25. The van der Waals surface area contributed by atoms with Gasteiger partial charge in [0.15, 0.2) is 0 Å². The third-order valence-electron chi connectivity index (χ3n) is 4.64. The first-order valence-electron chi connectivity index (χ1n) is 10.4. The van der Waals surface area contributed by atoms with Crippen LogP contribution in [0.25, 0.3) is 0 Å². The van der Waals surface area contributed by atoms with Crippen LogP contribution in [0.4, 0.5) is 5.13 Å². The zero-order valence-corrected chi connectivity index (χ0v) is 20.3. The van der Waals surface area contributed by atoms with E-state index in [9.17, 15) is 18.0 Å². The van der Waals surface area contributed by atoms with Crippen LogP contribution in [0.1, 0.15) is 27.3 Å². The van der Waals surface area contributed by atoms with Crippen LogP contribution >= 0.6 is 11.3 Å². The summed E-state index contributed by atoms with van der Waals surface area (Å²) in [5, 5.41) is 14.3. The van der Waals surface area contributed by atoms with Crippen LogP contribution in [0, 0.1) is 6.92 Å². The summed E-state index contributed by atoms with van der Waals surface area (Å²) < 4.78 is 32.0. The van der Waals surface area contributed by atoms with E-state index in [4.69, 9.17) is 4.74 Å². The molecule has 2 amide bonds. The maximum absolute atomic E-state index is 12.3. The molecule has 0 bridgehead atoms. The molecule has 0 atom stereocenters. The lowest BCUT2D eigenvalue weighted by Crippen LogP contribution is -2.27. The van der Waals surface area contributed by atoms with E-state index < -0.39 is 10.0 Å². The van der Waals surface area contributed by atoms with Gasteiger partial charge in [0, 0.05) is 31.5 Å².